The van der Waals surface area contributed by atoms with Gasteiger partial charge in [-0.25, -0.2) is 9.59 Å². The zero-order chi connectivity index (χ0) is 33.3. The Morgan fingerprint density at radius 1 is 1.13 bits per heavy atom. The van der Waals surface area contributed by atoms with Crippen LogP contribution in [-0.2, 0) is 24.0 Å². The summed E-state index contributed by atoms with van der Waals surface area (Å²) in [7, 11) is 1.60. The monoisotopic (exact) mass is 643 g/mol. The van der Waals surface area contributed by atoms with Gasteiger partial charge in [-0.3, -0.25) is 14.4 Å². The van der Waals surface area contributed by atoms with Crippen LogP contribution in [0.2, 0.25) is 5.02 Å². The van der Waals surface area contributed by atoms with Crippen molar-refractivity contribution in [3.05, 3.63) is 64.7 Å². The first-order valence-corrected chi connectivity index (χ1v) is 14.4. The summed E-state index contributed by atoms with van der Waals surface area (Å²) in [5.41, 5.74) is -3.23. The van der Waals surface area contributed by atoms with Crippen molar-refractivity contribution in [1.82, 2.24) is 10.2 Å². The summed E-state index contributed by atoms with van der Waals surface area (Å²) in [5.74, 6) is -5.45. The first kappa shape index (κ1) is 33.4. The van der Waals surface area contributed by atoms with E-state index in [2.05, 4.69) is 5.32 Å². The first-order chi connectivity index (χ1) is 21.1. The van der Waals surface area contributed by atoms with Gasteiger partial charge in [0.15, 0.2) is 0 Å². The predicted octanol–water partition coefficient (Wildman–Crippen LogP) is 1.84. The number of anilines is 1. The molecule has 0 aliphatic carbocycles. The van der Waals surface area contributed by atoms with Crippen molar-refractivity contribution >= 4 is 53.0 Å². The number of aliphatic hydroxyl groups is 2. The van der Waals surface area contributed by atoms with Crippen molar-refractivity contribution in [3.63, 3.8) is 0 Å². The van der Waals surface area contributed by atoms with Crippen molar-refractivity contribution < 1.29 is 49.1 Å². The number of halogens is 1. The molecule has 2 heterocycles. The van der Waals surface area contributed by atoms with Crippen molar-refractivity contribution in [1.29, 1.82) is 0 Å². The molecular weight excluding hydrogens is 610 g/mol. The molecule has 4 rings (SSSR count). The van der Waals surface area contributed by atoms with Crippen LogP contribution in [0.4, 0.5) is 5.69 Å². The molecule has 2 aromatic carbocycles. The fourth-order valence-corrected chi connectivity index (χ4v) is 5.48. The summed E-state index contributed by atoms with van der Waals surface area (Å²) in [5, 5.41) is 42.7. The minimum Gasteiger partial charge on any atom is -0.478 e. The second-order valence-corrected chi connectivity index (χ2v) is 12.1. The summed E-state index contributed by atoms with van der Waals surface area (Å²) in [6.07, 6.45) is 1.38. The second-order valence-electron chi connectivity index (χ2n) is 11.6. The van der Waals surface area contributed by atoms with Crippen LogP contribution in [0.1, 0.15) is 43.9 Å². The fourth-order valence-electron chi connectivity index (χ4n) is 5.35. The average molecular weight is 644 g/mol. The van der Waals surface area contributed by atoms with Gasteiger partial charge in [0.2, 0.25) is 17.7 Å². The molecule has 13 nitrogen and oxygen atoms in total. The van der Waals surface area contributed by atoms with Crippen LogP contribution in [0, 0.1) is 5.41 Å². The van der Waals surface area contributed by atoms with Crippen LogP contribution in [0.5, 0.6) is 5.75 Å². The Balaban J connectivity index is 1.51. The lowest BCUT2D eigenvalue weighted by atomic mass is 9.84. The van der Waals surface area contributed by atoms with Crippen molar-refractivity contribution in [2.75, 3.05) is 25.1 Å². The predicted molar refractivity (Wildman–Crippen MR) is 161 cm³/mol. The number of likely N-dealkylation sites (N-methyl/N-ethyl adjacent to an activating group) is 1. The molecule has 0 spiro atoms. The van der Waals surface area contributed by atoms with Gasteiger partial charge in [-0.1, -0.05) is 31.5 Å². The Morgan fingerprint density at radius 3 is 2.38 bits per heavy atom. The number of rotatable bonds is 10. The first-order valence-electron chi connectivity index (χ1n) is 14.0. The number of nitrogens with zero attached hydrogens (tertiary/aromatic N) is 2. The zero-order valence-corrected chi connectivity index (χ0v) is 25.5. The van der Waals surface area contributed by atoms with E-state index in [1.165, 1.54) is 34.1 Å². The lowest BCUT2D eigenvalue weighted by molar-refractivity contribution is -0.180. The maximum Gasteiger partial charge on any atom is 0.363 e. The van der Waals surface area contributed by atoms with Gasteiger partial charge in [-0.2, -0.15) is 0 Å². The largest absolute Gasteiger partial charge is 0.478 e. The third kappa shape index (κ3) is 6.37. The van der Waals surface area contributed by atoms with E-state index in [1.807, 2.05) is 0 Å². The fraction of sp³-hybridized carbons (Fsp3) is 0.387. The van der Waals surface area contributed by atoms with Crippen LogP contribution >= 0.6 is 11.6 Å². The van der Waals surface area contributed by atoms with Gasteiger partial charge in [0.25, 0.3) is 0 Å². The number of fused-ring (bicyclic) bond motifs is 1. The van der Waals surface area contributed by atoms with E-state index in [0.29, 0.717) is 29.1 Å². The highest BCUT2D eigenvalue weighted by atomic mass is 35.5. The third-order valence-corrected chi connectivity index (χ3v) is 8.39. The zero-order valence-electron chi connectivity index (χ0n) is 24.8. The number of amides is 3. The van der Waals surface area contributed by atoms with Crippen molar-refractivity contribution in [2.45, 2.75) is 50.5 Å². The van der Waals surface area contributed by atoms with Gasteiger partial charge < -0.3 is 40.3 Å². The van der Waals surface area contributed by atoms with Crippen LogP contribution in [0.15, 0.2) is 48.5 Å². The number of likely N-dealkylation sites (tertiary alicyclic amines) is 1. The molecule has 2 aliphatic rings. The summed E-state index contributed by atoms with van der Waals surface area (Å²) < 4.78 is 5.11. The lowest BCUT2D eigenvalue weighted by Crippen LogP contribution is -2.59. The van der Waals surface area contributed by atoms with Crippen molar-refractivity contribution in [3.8, 4) is 5.75 Å². The SMILES string of the molecule is CN(C(=O)[C@@H]1CCCN1C(=O)[C@@H](NC(=O)/C=C/c1ccc2c(c1)C(O)C(C(=O)O)(C(=O)O)O2)C(C)(C)CO)c1ccc(Cl)cc1. The molecule has 45 heavy (non-hydrogen) atoms. The number of ether oxygens (including phenoxy) is 1. The van der Waals surface area contributed by atoms with E-state index in [1.54, 1.807) is 45.2 Å². The molecule has 0 saturated carbocycles. The maximum atomic E-state index is 13.9. The summed E-state index contributed by atoms with van der Waals surface area (Å²) >= 11 is 5.97. The van der Waals surface area contributed by atoms with E-state index < -0.39 is 59.6 Å². The van der Waals surface area contributed by atoms with Crippen LogP contribution < -0.4 is 15.0 Å². The highest BCUT2D eigenvalue weighted by Crippen LogP contribution is 2.44. The van der Waals surface area contributed by atoms with E-state index in [-0.39, 0.29) is 23.8 Å². The number of nitrogens with one attached hydrogen (secondary N) is 1. The van der Waals surface area contributed by atoms with E-state index in [0.717, 1.165) is 6.08 Å². The van der Waals surface area contributed by atoms with Crippen molar-refractivity contribution in [2.24, 2.45) is 5.41 Å². The van der Waals surface area contributed by atoms with Gasteiger partial charge in [-0.05, 0) is 60.9 Å². The number of carboxylic acids is 2. The maximum absolute atomic E-state index is 13.9. The molecule has 0 radical (unpaired) electrons. The molecule has 2 aromatic rings. The Bertz CT molecular complexity index is 1530. The Labute approximate surface area is 263 Å². The van der Waals surface area contributed by atoms with Gasteiger partial charge in [0, 0.05) is 41.4 Å². The third-order valence-electron chi connectivity index (χ3n) is 8.14. The van der Waals surface area contributed by atoms with E-state index in [9.17, 15) is 44.4 Å². The van der Waals surface area contributed by atoms with E-state index >= 15 is 0 Å². The van der Waals surface area contributed by atoms with Crippen LogP contribution in [-0.4, -0.2) is 92.9 Å². The molecule has 3 amide bonds. The summed E-state index contributed by atoms with van der Waals surface area (Å²) in [6.45, 7) is 3.03. The molecule has 14 heteroatoms. The molecule has 240 valence electrons. The highest BCUT2D eigenvalue weighted by Gasteiger charge is 2.61. The minimum absolute atomic E-state index is 0.0925. The Morgan fingerprint density at radius 2 is 1.78 bits per heavy atom. The number of carbonyl (C=O) groups is 5. The summed E-state index contributed by atoms with van der Waals surface area (Å²) in [6, 6.07) is 8.67. The van der Waals surface area contributed by atoms with Crippen LogP contribution in [0.3, 0.4) is 0 Å². The number of benzene rings is 2. The van der Waals surface area contributed by atoms with E-state index in [4.69, 9.17) is 16.3 Å². The molecule has 3 atom stereocenters. The molecule has 5 N–H and O–H groups in total. The number of aliphatic hydroxyl groups excluding tert-OH is 2. The molecule has 2 aliphatic heterocycles. The number of carbonyl (C=O) groups excluding carboxylic acids is 3. The van der Waals surface area contributed by atoms with Gasteiger partial charge in [0.05, 0.1) is 6.61 Å². The average Bonchev–Trinajstić information content (AvgIpc) is 3.61. The topological polar surface area (TPSA) is 194 Å². The summed E-state index contributed by atoms with van der Waals surface area (Å²) in [4.78, 5) is 66.6. The Hall–Kier alpha value is -4.46. The second kappa shape index (κ2) is 12.9. The molecular formula is C31H34ClN3O10. The Kier molecular flexibility index (Phi) is 9.57. The van der Waals surface area contributed by atoms with Gasteiger partial charge >= 0.3 is 17.5 Å². The number of hydrogen-bond acceptors (Lipinski definition) is 8. The molecule has 0 aromatic heterocycles. The highest BCUT2D eigenvalue weighted by molar-refractivity contribution is 6.30. The van der Waals surface area contributed by atoms with Gasteiger partial charge in [0.1, 0.15) is 23.9 Å². The number of hydrogen-bond donors (Lipinski definition) is 5. The normalized spacial score (nSPS) is 19.5. The molecule has 1 fully saturated rings. The smallest absolute Gasteiger partial charge is 0.363 e. The molecule has 0 bridgehead atoms. The standard InChI is InChI=1S/C31H34ClN3O10/c1-30(2,16-36)24(27(40)35-14-4-5-21(35)26(39)34(3)19-10-8-18(32)9-11-19)33-23(37)13-7-17-6-12-22-20(15-17)25(38)31(45-22,28(41)42)29(43)44/h6-13,15,21,24-25,36,38H,4-5,14,16H2,1-3H3,(H,33,37)(H,41,42)(H,43,44)/b13-7+/t21-,24+,25?/m0/s1. The number of aliphatic carboxylic acids is 2. The molecule has 1 saturated heterocycles. The van der Waals surface area contributed by atoms with Crippen LogP contribution in [0.25, 0.3) is 6.08 Å². The molecule has 1 unspecified atom stereocenters. The lowest BCUT2D eigenvalue weighted by Gasteiger charge is -2.37. The quantitative estimate of drug-likeness (QED) is 0.188. The van der Waals surface area contributed by atoms with Gasteiger partial charge in [-0.15, -0.1) is 0 Å². The number of carboxylic acid groups (broad SMARTS) is 2. The minimum atomic E-state index is -2.91.